The van der Waals surface area contributed by atoms with Crippen LogP contribution in [0.4, 0.5) is 0 Å². The van der Waals surface area contributed by atoms with Gasteiger partial charge in [0.25, 0.3) is 11.8 Å². The summed E-state index contributed by atoms with van der Waals surface area (Å²) >= 11 is 0. The molecular weight excluding hydrogens is 394 g/mol. The van der Waals surface area contributed by atoms with E-state index < -0.39 is 30.4 Å². The first-order valence-electron chi connectivity index (χ1n) is 9.76. The van der Waals surface area contributed by atoms with Crippen molar-refractivity contribution in [1.82, 2.24) is 4.90 Å². The standard InChI is InChI=1S/C25H19NO5/c1-16-11-13-17(14-12-16)22(28)23(18-7-3-2-4-8-18)31-21(27)15-26-24(29)19-9-5-6-10-20(19)25(26)30/h2-14,23H,15H2,1H3/t23-/m1/s1. The number of carbonyl (C=O) groups is 4. The van der Waals surface area contributed by atoms with Crippen molar-refractivity contribution in [2.75, 3.05) is 6.54 Å². The smallest absolute Gasteiger partial charge is 0.327 e. The number of imide groups is 1. The molecule has 31 heavy (non-hydrogen) atoms. The number of rotatable bonds is 6. The van der Waals surface area contributed by atoms with E-state index >= 15 is 0 Å². The van der Waals surface area contributed by atoms with Crippen molar-refractivity contribution >= 4 is 23.6 Å². The van der Waals surface area contributed by atoms with Gasteiger partial charge in [-0.2, -0.15) is 0 Å². The molecular formula is C25H19NO5. The maximum Gasteiger partial charge on any atom is 0.327 e. The molecule has 6 nitrogen and oxygen atoms in total. The van der Waals surface area contributed by atoms with Gasteiger partial charge in [0.2, 0.25) is 5.78 Å². The van der Waals surface area contributed by atoms with Crippen LogP contribution >= 0.6 is 0 Å². The molecule has 1 atom stereocenters. The van der Waals surface area contributed by atoms with E-state index in [0.29, 0.717) is 11.1 Å². The topological polar surface area (TPSA) is 80.8 Å². The molecule has 1 aliphatic rings. The second-order valence-corrected chi connectivity index (χ2v) is 7.25. The number of hydrogen-bond donors (Lipinski definition) is 0. The Labute approximate surface area is 179 Å². The summed E-state index contributed by atoms with van der Waals surface area (Å²) in [5.41, 5.74) is 2.39. The summed E-state index contributed by atoms with van der Waals surface area (Å²) in [6.45, 7) is 1.34. The summed E-state index contributed by atoms with van der Waals surface area (Å²) in [5.74, 6) is -2.34. The van der Waals surface area contributed by atoms with E-state index in [4.69, 9.17) is 4.74 Å². The number of benzene rings is 3. The number of ether oxygens (including phenoxy) is 1. The Hall–Kier alpha value is -4.06. The number of esters is 1. The first kappa shape index (κ1) is 20.2. The molecule has 0 N–H and O–H groups in total. The normalized spacial score (nSPS) is 13.6. The fourth-order valence-electron chi connectivity index (χ4n) is 3.45. The van der Waals surface area contributed by atoms with Crippen molar-refractivity contribution < 1.29 is 23.9 Å². The maximum atomic E-state index is 13.1. The predicted molar refractivity (Wildman–Crippen MR) is 113 cm³/mol. The van der Waals surface area contributed by atoms with Gasteiger partial charge in [0.05, 0.1) is 11.1 Å². The highest BCUT2D eigenvalue weighted by molar-refractivity contribution is 6.22. The Morgan fingerprint density at radius 1 is 0.806 bits per heavy atom. The Bertz CT molecular complexity index is 1130. The number of fused-ring (bicyclic) bond motifs is 1. The molecule has 1 heterocycles. The summed E-state index contributed by atoms with van der Waals surface area (Å²) in [4.78, 5) is 51.7. The Balaban J connectivity index is 1.55. The number of nitrogens with zero attached hydrogens (tertiary/aromatic N) is 1. The Morgan fingerprint density at radius 2 is 1.35 bits per heavy atom. The lowest BCUT2D eigenvalue weighted by Gasteiger charge is -2.19. The molecule has 3 aromatic carbocycles. The zero-order chi connectivity index (χ0) is 22.0. The van der Waals surface area contributed by atoms with Crippen LogP contribution in [-0.4, -0.2) is 35.0 Å². The van der Waals surface area contributed by atoms with Crippen molar-refractivity contribution in [2.45, 2.75) is 13.0 Å². The van der Waals surface area contributed by atoms with Crippen LogP contribution in [0, 0.1) is 6.92 Å². The van der Waals surface area contributed by atoms with Crippen LogP contribution in [-0.2, 0) is 9.53 Å². The molecule has 3 aromatic rings. The van der Waals surface area contributed by atoms with E-state index in [1.165, 1.54) is 12.1 Å². The lowest BCUT2D eigenvalue weighted by molar-refractivity contribution is -0.147. The molecule has 0 unspecified atom stereocenters. The number of hydrogen-bond acceptors (Lipinski definition) is 5. The summed E-state index contributed by atoms with van der Waals surface area (Å²) in [6.07, 6.45) is -1.19. The molecule has 154 valence electrons. The average Bonchev–Trinajstić information content (AvgIpc) is 3.03. The molecule has 0 aromatic heterocycles. The van der Waals surface area contributed by atoms with Gasteiger partial charge in [-0.15, -0.1) is 0 Å². The van der Waals surface area contributed by atoms with Gasteiger partial charge in [-0.3, -0.25) is 24.1 Å². The maximum absolute atomic E-state index is 13.1. The van der Waals surface area contributed by atoms with Crippen molar-refractivity contribution in [3.8, 4) is 0 Å². The third-order valence-electron chi connectivity index (χ3n) is 5.09. The van der Waals surface area contributed by atoms with Crippen LogP contribution in [0.3, 0.4) is 0 Å². The molecule has 4 rings (SSSR count). The zero-order valence-electron chi connectivity index (χ0n) is 16.8. The molecule has 0 spiro atoms. The minimum absolute atomic E-state index is 0.246. The first-order valence-corrected chi connectivity index (χ1v) is 9.76. The first-order chi connectivity index (χ1) is 15.0. The van der Waals surface area contributed by atoms with Crippen molar-refractivity contribution in [3.05, 3.63) is 107 Å². The Morgan fingerprint density at radius 3 is 1.94 bits per heavy atom. The highest BCUT2D eigenvalue weighted by Gasteiger charge is 2.37. The third kappa shape index (κ3) is 4.00. The van der Waals surface area contributed by atoms with Crippen LogP contribution in [0.1, 0.15) is 48.3 Å². The van der Waals surface area contributed by atoms with Crippen LogP contribution < -0.4 is 0 Å². The summed E-state index contributed by atoms with van der Waals surface area (Å²) < 4.78 is 5.51. The van der Waals surface area contributed by atoms with E-state index in [2.05, 4.69) is 0 Å². The van der Waals surface area contributed by atoms with Gasteiger partial charge >= 0.3 is 5.97 Å². The third-order valence-corrected chi connectivity index (χ3v) is 5.09. The number of aryl methyl sites for hydroxylation is 1. The van der Waals surface area contributed by atoms with Gasteiger partial charge in [0.1, 0.15) is 6.54 Å². The second-order valence-electron chi connectivity index (χ2n) is 7.25. The SMILES string of the molecule is Cc1ccc(C(=O)[C@H](OC(=O)CN2C(=O)c3ccccc3C2=O)c2ccccc2)cc1. The number of amides is 2. The summed E-state index contributed by atoms with van der Waals surface area (Å²) in [6, 6.07) is 22.0. The van der Waals surface area contributed by atoms with Crippen LogP contribution in [0.25, 0.3) is 0 Å². The fourth-order valence-corrected chi connectivity index (χ4v) is 3.45. The quantitative estimate of drug-likeness (QED) is 0.349. The number of Topliss-reactive ketones (excluding diaryl/α,β-unsaturated/α-hetero) is 1. The molecule has 0 fully saturated rings. The van der Waals surface area contributed by atoms with Gasteiger partial charge in [-0.25, -0.2) is 0 Å². The molecule has 0 radical (unpaired) electrons. The molecule has 1 aliphatic heterocycles. The highest BCUT2D eigenvalue weighted by Crippen LogP contribution is 2.25. The van der Waals surface area contributed by atoms with E-state index in [0.717, 1.165) is 10.5 Å². The van der Waals surface area contributed by atoms with Crippen molar-refractivity contribution in [1.29, 1.82) is 0 Å². The van der Waals surface area contributed by atoms with Crippen LogP contribution in [0.5, 0.6) is 0 Å². The lowest BCUT2D eigenvalue weighted by atomic mass is 9.99. The molecule has 0 aliphatic carbocycles. The van der Waals surface area contributed by atoms with Gasteiger partial charge in [-0.1, -0.05) is 72.3 Å². The van der Waals surface area contributed by atoms with Crippen molar-refractivity contribution in [2.24, 2.45) is 0 Å². The molecule has 0 saturated carbocycles. The monoisotopic (exact) mass is 413 g/mol. The minimum atomic E-state index is -1.19. The molecule has 0 bridgehead atoms. The second kappa shape index (κ2) is 8.36. The van der Waals surface area contributed by atoms with E-state index in [9.17, 15) is 19.2 Å². The van der Waals surface area contributed by atoms with E-state index in [-0.39, 0.29) is 16.9 Å². The largest absolute Gasteiger partial charge is 0.448 e. The average molecular weight is 413 g/mol. The summed E-state index contributed by atoms with van der Waals surface area (Å²) in [5, 5.41) is 0. The fraction of sp³-hybridized carbons (Fsp3) is 0.120. The highest BCUT2D eigenvalue weighted by atomic mass is 16.5. The van der Waals surface area contributed by atoms with Crippen LogP contribution in [0.2, 0.25) is 0 Å². The predicted octanol–water partition coefficient (Wildman–Crippen LogP) is 3.76. The molecule has 0 saturated heterocycles. The number of ketones is 1. The van der Waals surface area contributed by atoms with Crippen molar-refractivity contribution in [3.63, 3.8) is 0 Å². The van der Waals surface area contributed by atoms with E-state index in [1.54, 1.807) is 66.7 Å². The van der Waals surface area contributed by atoms with Gasteiger partial charge in [0, 0.05) is 11.1 Å². The lowest BCUT2D eigenvalue weighted by Crippen LogP contribution is -2.36. The van der Waals surface area contributed by atoms with Gasteiger partial charge in [-0.05, 0) is 19.1 Å². The zero-order valence-corrected chi connectivity index (χ0v) is 16.8. The molecule has 2 amide bonds. The Kier molecular flexibility index (Phi) is 5.45. The van der Waals surface area contributed by atoms with Gasteiger partial charge < -0.3 is 4.74 Å². The minimum Gasteiger partial charge on any atom is -0.448 e. The molecule has 6 heteroatoms. The van der Waals surface area contributed by atoms with Crippen LogP contribution in [0.15, 0.2) is 78.9 Å². The number of carbonyl (C=O) groups excluding carboxylic acids is 4. The van der Waals surface area contributed by atoms with Gasteiger partial charge in [0.15, 0.2) is 6.10 Å². The summed E-state index contributed by atoms with van der Waals surface area (Å²) in [7, 11) is 0. The van der Waals surface area contributed by atoms with E-state index in [1.807, 2.05) is 6.92 Å².